The van der Waals surface area contributed by atoms with E-state index in [1.807, 2.05) is 24.3 Å². The molecule has 0 aromatic rings. The molecular formula is C83H142O17P2. The van der Waals surface area contributed by atoms with Crippen molar-refractivity contribution in [2.24, 2.45) is 0 Å². The molecule has 0 fully saturated rings. The van der Waals surface area contributed by atoms with Crippen LogP contribution >= 0.6 is 15.6 Å². The molecule has 0 aromatic carbocycles. The van der Waals surface area contributed by atoms with Gasteiger partial charge >= 0.3 is 39.5 Å². The zero-order valence-electron chi connectivity index (χ0n) is 64.0. The van der Waals surface area contributed by atoms with Crippen molar-refractivity contribution in [3.8, 4) is 0 Å². The van der Waals surface area contributed by atoms with Gasteiger partial charge in [0.25, 0.3) is 0 Å². The summed E-state index contributed by atoms with van der Waals surface area (Å²) in [4.78, 5) is 72.9. The second-order valence-corrected chi connectivity index (χ2v) is 29.2. The molecule has 3 N–H and O–H groups in total. The molecule has 0 heterocycles. The molecule has 586 valence electrons. The monoisotopic (exact) mass is 1470 g/mol. The van der Waals surface area contributed by atoms with Crippen molar-refractivity contribution in [1.82, 2.24) is 0 Å². The van der Waals surface area contributed by atoms with Crippen molar-refractivity contribution in [1.29, 1.82) is 0 Å². The zero-order valence-corrected chi connectivity index (χ0v) is 65.8. The summed E-state index contributed by atoms with van der Waals surface area (Å²) in [6.07, 6.45) is 81.9. The van der Waals surface area contributed by atoms with Crippen molar-refractivity contribution in [2.45, 2.75) is 341 Å². The highest BCUT2D eigenvalue weighted by Crippen LogP contribution is 2.45. The fourth-order valence-electron chi connectivity index (χ4n) is 10.3. The second-order valence-electron chi connectivity index (χ2n) is 26.3. The minimum Gasteiger partial charge on any atom is -0.462 e. The first-order chi connectivity index (χ1) is 49.7. The molecule has 0 aliphatic carbocycles. The van der Waals surface area contributed by atoms with E-state index in [4.69, 9.17) is 37.0 Å². The third-order valence-electron chi connectivity index (χ3n) is 16.4. The van der Waals surface area contributed by atoms with E-state index in [0.717, 1.165) is 122 Å². The summed E-state index contributed by atoms with van der Waals surface area (Å²) >= 11 is 0. The van der Waals surface area contributed by atoms with Crippen LogP contribution in [0.2, 0.25) is 0 Å². The van der Waals surface area contributed by atoms with Crippen LogP contribution in [0, 0.1) is 0 Å². The summed E-state index contributed by atoms with van der Waals surface area (Å²) in [6, 6.07) is 0. The molecule has 3 unspecified atom stereocenters. The average molecular weight is 1470 g/mol. The molecule has 0 radical (unpaired) electrons. The minimum atomic E-state index is -5.00. The maximum Gasteiger partial charge on any atom is 0.472 e. The Bertz CT molecular complexity index is 2410. The van der Waals surface area contributed by atoms with E-state index in [-0.39, 0.29) is 25.7 Å². The minimum absolute atomic E-state index is 0.00540. The molecule has 102 heavy (non-hydrogen) atoms. The first-order valence-electron chi connectivity index (χ1n) is 39.8. The first kappa shape index (κ1) is 97.5. The number of phosphoric ester groups is 2. The van der Waals surface area contributed by atoms with Gasteiger partial charge in [0.1, 0.15) is 19.3 Å². The number of unbranched alkanes of at least 4 members (excludes halogenated alkanes) is 28. The van der Waals surface area contributed by atoms with Gasteiger partial charge in [-0.15, -0.1) is 0 Å². The molecule has 19 heteroatoms. The van der Waals surface area contributed by atoms with Gasteiger partial charge in [-0.25, -0.2) is 9.13 Å². The lowest BCUT2D eigenvalue weighted by molar-refractivity contribution is -0.161. The third-order valence-corrected chi connectivity index (χ3v) is 18.3. The fourth-order valence-corrected chi connectivity index (χ4v) is 11.9. The van der Waals surface area contributed by atoms with Gasteiger partial charge in [0.2, 0.25) is 0 Å². The van der Waals surface area contributed by atoms with Crippen LogP contribution in [0.4, 0.5) is 0 Å². The Kier molecular flexibility index (Phi) is 71.4. The van der Waals surface area contributed by atoms with Crippen molar-refractivity contribution in [3.05, 3.63) is 122 Å². The molecule has 0 saturated carbocycles. The van der Waals surface area contributed by atoms with Crippen molar-refractivity contribution >= 4 is 39.5 Å². The average Bonchev–Trinajstić information content (AvgIpc) is 0.959. The van der Waals surface area contributed by atoms with Crippen LogP contribution in [-0.4, -0.2) is 96.7 Å². The smallest absolute Gasteiger partial charge is 0.462 e. The van der Waals surface area contributed by atoms with E-state index in [0.29, 0.717) is 38.5 Å². The Balaban J connectivity index is 5.46. The van der Waals surface area contributed by atoms with E-state index < -0.39 is 97.5 Å². The molecule has 0 aliphatic rings. The molecule has 0 aromatic heterocycles. The van der Waals surface area contributed by atoms with E-state index in [1.165, 1.54) is 109 Å². The maximum atomic E-state index is 13.1. The molecule has 0 saturated heterocycles. The lowest BCUT2D eigenvalue weighted by Crippen LogP contribution is -2.30. The summed E-state index contributed by atoms with van der Waals surface area (Å²) in [5.74, 6) is -2.31. The van der Waals surface area contributed by atoms with Crippen LogP contribution in [0.5, 0.6) is 0 Å². The number of carbonyl (C=O) groups excluding carboxylic acids is 4. The summed E-state index contributed by atoms with van der Waals surface area (Å²) in [7, 11) is -9.99. The van der Waals surface area contributed by atoms with Gasteiger partial charge in [-0.05, 0) is 135 Å². The number of rotatable bonds is 74. The normalized spacial score (nSPS) is 14.5. The predicted octanol–water partition coefficient (Wildman–Crippen LogP) is 23.1. The van der Waals surface area contributed by atoms with E-state index in [1.54, 1.807) is 0 Å². The molecule has 0 amide bonds. The number of ether oxygens (including phenoxy) is 4. The molecule has 5 atom stereocenters. The highest BCUT2D eigenvalue weighted by Gasteiger charge is 2.30. The third kappa shape index (κ3) is 73.8. The van der Waals surface area contributed by atoms with Crippen molar-refractivity contribution in [2.75, 3.05) is 39.6 Å². The van der Waals surface area contributed by atoms with Gasteiger partial charge in [-0.1, -0.05) is 284 Å². The second kappa shape index (κ2) is 74.7. The summed E-state index contributed by atoms with van der Waals surface area (Å²) < 4.78 is 68.4. The van der Waals surface area contributed by atoms with Gasteiger partial charge in [-0.3, -0.25) is 37.3 Å². The zero-order chi connectivity index (χ0) is 74.6. The number of allylic oxidation sites excluding steroid dienone is 20. The standard InChI is InChI=1S/C83H142O17P2/c1-5-9-13-17-21-25-29-33-36-38-41-45-48-52-56-60-64-68-81(86)94-74-79(100-83(88)70-66-62-58-54-50-46-42-39-37-34-30-26-22-18-14-10-6-2)76-98-102(91,92)96-72-77(84)71-95-101(89,90)97-75-78(99-82(87)69-65-61-57-53-49-43-32-28-24-20-16-12-8-4)73-93-80(85)67-63-59-55-51-47-44-40-35-31-27-23-19-15-11-7-3/h21-23,25-27,33-37,40-42,45-46,52,54,56,58,77-79,84H,5-20,24,28-32,38-39,43-44,47-51,53,55,57,59-76H2,1-4H3,(H,89,90)(H,91,92)/b25-21-,26-22-,27-23-,36-33-,37-34-,40-35-,45-41-,46-42-,56-52-,58-54-/t77?,78-,79-/m1/s1. The van der Waals surface area contributed by atoms with E-state index in [2.05, 4.69) is 125 Å². The maximum absolute atomic E-state index is 13.1. The van der Waals surface area contributed by atoms with Crippen LogP contribution in [0.3, 0.4) is 0 Å². The summed E-state index contributed by atoms with van der Waals surface area (Å²) in [6.45, 7) is 4.67. The number of aliphatic hydroxyl groups excluding tert-OH is 1. The van der Waals surface area contributed by atoms with E-state index >= 15 is 0 Å². The summed E-state index contributed by atoms with van der Waals surface area (Å²) in [5.41, 5.74) is 0. The highest BCUT2D eigenvalue weighted by atomic mass is 31.2. The Morgan fingerprint density at radius 1 is 0.275 bits per heavy atom. The fraction of sp³-hybridized carbons (Fsp3) is 0.711. The van der Waals surface area contributed by atoms with E-state index in [9.17, 15) is 43.2 Å². The van der Waals surface area contributed by atoms with Crippen LogP contribution in [0.1, 0.15) is 323 Å². The Morgan fingerprint density at radius 2 is 0.490 bits per heavy atom. The largest absolute Gasteiger partial charge is 0.472 e. The predicted molar refractivity (Wildman–Crippen MR) is 418 cm³/mol. The topological polar surface area (TPSA) is 237 Å². The highest BCUT2D eigenvalue weighted by molar-refractivity contribution is 7.47. The first-order valence-corrected chi connectivity index (χ1v) is 42.8. The Hall–Kier alpha value is -4.54. The summed E-state index contributed by atoms with van der Waals surface area (Å²) in [5, 5.41) is 10.6. The number of esters is 4. The molecule has 0 rings (SSSR count). The van der Waals surface area contributed by atoms with Gasteiger partial charge in [0.05, 0.1) is 26.4 Å². The van der Waals surface area contributed by atoms with Crippen LogP contribution in [0.15, 0.2) is 122 Å². The lowest BCUT2D eigenvalue weighted by atomic mass is 10.0. The number of carbonyl (C=O) groups is 4. The van der Waals surface area contributed by atoms with Gasteiger partial charge in [-0.2, -0.15) is 0 Å². The van der Waals surface area contributed by atoms with Gasteiger partial charge < -0.3 is 33.8 Å². The van der Waals surface area contributed by atoms with Crippen LogP contribution in [-0.2, 0) is 65.4 Å². The molecular weight excluding hydrogens is 1330 g/mol. The molecule has 0 bridgehead atoms. The van der Waals surface area contributed by atoms with Crippen molar-refractivity contribution in [3.63, 3.8) is 0 Å². The molecule has 17 nitrogen and oxygen atoms in total. The van der Waals surface area contributed by atoms with Gasteiger partial charge in [0, 0.05) is 25.7 Å². The number of hydrogen-bond donors (Lipinski definition) is 3. The quantitative estimate of drug-likeness (QED) is 0.0169. The van der Waals surface area contributed by atoms with Crippen LogP contribution in [0.25, 0.3) is 0 Å². The van der Waals surface area contributed by atoms with Crippen LogP contribution < -0.4 is 0 Å². The molecule has 0 spiro atoms. The molecule has 0 aliphatic heterocycles. The Labute approximate surface area is 619 Å². The number of aliphatic hydroxyl groups is 1. The number of phosphoric acid groups is 2. The van der Waals surface area contributed by atoms with Crippen molar-refractivity contribution < 1.29 is 80.2 Å². The Morgan fingerprint density at radius 3 is 0.804 bits per heavy atom. The SMILES string of the molecule is CCCCC/C=C\C/C=C\C/C=C\C/C=C\CCCC(=O)OC[C@H](COP(=O)(O)OCC(O)COP(=O)(O)OC[C@@H](COC(=O)CCCCCCC/C=C\C/C=C\CCCCC)OC(=O)CCCCCCCCCCCCCCC)OC(=O)CCC/C=C\C/C=C\C/C=C\C/C=C\CCCCC. The van der Waals surface area contributed by atoms with Gasteiger partial charge in [0.15, 0.2) is 12.2 Å². The lowest BCUT2D eigenvalue weighted by Gasteiger charge is -2.21. The number of hydrogen-bond acceptors (Lipinski definition) is 15.